The van der Waals surface area contributed by atoms with Gasteiger partial charge in [0, 0.05) is 13.1 Å². The molecule has 1 heterocycles. The number of sulfonamides is 1. The van der Waals surface area contributed by atoms with E-state index in [0.29, 0.717) is 37.6 Å². The van der Waals surface area contributed by atoms with Crippen LogP contribution in [0.4, 0.5) is 5.69 Å². The molecule has 1 unspecified atom stereocenters. The number of methoxy groups -OCH3 is 1. The highest BCUT2D eigenvalue weighted by atomic mass is 32.2. The molecule has 1 aliphatic heterocycles. The summed E-state index contributed by atoms with van der Waals surface area (Å²) in [6, 6.07) is 4.50. The minimum Gasteiger partial charge on any atom is -0.495 e. The van der Waals surface area contributed by atoms with Crippen LogP contribution in [-0.4, -0.2) is 51.5 Å². The zero-order valence-corrected chi connectivity index (χ0v) is 16.8. The molecule has 1 aromatic rings. The van der Waals surface area contributed by atoms with Crippen LogP contribution in [0.1, 0.15) is 32.6 Å². The molecule has 7 nitrogen and oxygen atoms in total. The standard InChI is InChI=1S/C19H28N2O5S/c1-4-5-13-26-15(2)19(22)20-17-14-16(9-10-18(17)25-3)27(23,24)21-11-7-6-8-12-21/h4,9-10,14-15H,1,5-8,11-13H2,2-3H3,(H,20,22). The monoisotopic (exact) mass is 396 g/mol. The van der Waals surface area contributed by atoms with Crippen molar-refractivity contribution in [2.75, 3.05) is 32.1 Å². The van der Waals surface area contributed by atoms with Crippen LogP contribution in [0.25, 0.3) is 0 Å². The molecule has 2 rings (SSSR count). The first-order valence-corrected chi connectivity index (χ1v) is 10.6. The summed E-state index contributed by atoms with van der Waals surface area (Å²) in [4.78, 5) is 12.5. The largest absolute Gasteiger partial charge is 0.495 e. The number of hydrogen-bond acceptors (Lipinski definition) is 5. The van der Waals surface area contributed by atoms with Crippen LogP contribution in [0.15, 0.2) is 35.7 Å². The van der Waals surface area contributed by atoms with Gasteiger partial charge in [0.2, 0.25) is 10.0 Å². The molecule has 1 atom stereocenters. The molecule has 1 aliphatic rings. The van der Waals surface area contributed by atoms with Crippen LogP contribution in [0.3, 0.4) is 0 Å². The van der Waals surface area contributed by atoms with Gasteiger partial charge in [-0.25, -0.2) is 8.42 Å². The normalized spacial score (nSPS) is 16.5. The summed E-state index contributed by atoms with van der Waals surface area (Å²) in [5, 5.41) is 2.71. The van der Waals surface area contributed by atoms with Gasteiger partial charge in [0.05, 0.1) is 24.3 Å². The molecule has 1 fully saturated rings. The zero-order valence-electron chi connectivity index (χ0n) is 15.9. The van der Waals surface area contributed by atoms with Crippen molar-refractivity contribution in [1.29, 1.82) is 0 Å². The Balaban J connectivity index is 2.19. The van der Waals surface area contributed by atoms with Gasteiger partial charge in [-0.3, -0.25) is 4.79 Å². The van der Waals surface area contributed by atoms with Gasteiger partial charge < -0.3 is 14.8 Å². The summed E-state index contributed by atoms with van der Waals surface area (Å²) in [6.07, 6.45) is 4.43. The summed E-state index contributed by atoms with van der Waals surface area (Å²) in [5.41, 5.74) is 0.305. The van der Waals surface area contributed by atoms with E-state index in [1.54, 1.807) is 19.1 Å². The van der Waals surface area contributed by atoms with E-state index in [0.717, 1.165) is 19.3 Å². The number of ether oxygens (including phenoxy) is 2. The second-order valence-electron chi connectivity index (χ2n) is 6.41. The Morgan fingerprint density at radius 1 is 1.33 bits per heavy atom. The average molecular weight is 397 g/mol. The minimum absolute atomic E-state index is 0.140. The molecule has 1 amide bonds. The van der Waals surface area contributed by atoms with E-state index in [1.165, 1.54) is 23.5 Å². The number of carbonyl (C=O) groups is 1. The molecule has 0 radical (unpaired) electrons. The van der Waals surface area contributed by atoms with Crippen LogP contribution in [0.2, 0.25) is 0 Å². The molecule has 150 valence electrons. The summed E-state index contributed by atoms with van der Waals surface area (Å²) in [5.74, 6) is 0.0177. The number of amides is 1. The number of carbonyl (C=O) groups excluding carboxylic acids is 1. The molecule has 0 aromatic heterocycles. The van der Waals surface area contributed by atoms with Crippen LogP contribution >= 0.6 is 0 Å². The van der Waals surface area contributed by atoms with E-state index in [2.05, 4.69) is 11.9 Å². The number of piperidine rings is 1. The number of hydrogen-bond donors (Lipinski definition) is 1. The lowest BCUT2D eigenvalue weighted by atomic mass is 10.2. The third-order valence-corrected chi connectivity index (χ3v) is 6.34. The molecule has 0 aliphatic carbocycles. The predicted molar refractivity (Wildman–Crippen MR) is 104 cm³/mol. The third kappa shape index (κ3) is 5.54. The lowest BCUT2D eigenvalue weighted by Gasteiger charge is -2.26. The molecule has 8 heteroatoms. The fourth-order valence-electron chi connectivity index (χ4n) is 2.84. The Hall–Kier alpha value is -1.90. The second-order valence-corrected chi connectivity index (χ2v) is 8.34. The molecule has 0 spiro atoms. The third-order valence-electron chi connectivity index (χ3n) is 4.44. The number of nitrogens with zero attached hydrogens (tertiary/aromatic N) is 1. The van der Waals surface area contributed by atoms with Crippen LogP contribution in [0.5, 0.6) is 5.75 Å². The van der Waals surface area contributed by atoms with E-state index >= 15 is 0 Å². The van der Waals surface area contributed by atoms with Gasteiger partial charge in [-0.05, 0) is 44.4 Å². The Morgan fingerprint density at radius 3 is 2.67 bits per heavy atom. The zero-order chi connectivity index (χ0) is 19.9. The van der Waals surface area contributed by atoms with E-state index < -0.39 is 16.1 Å². The second kappa shape index (κ2) is 9.87. The van der Waals surface area contributed by atoms with Gasteiger partial charge in [-0.2, -0.15) is 4.31 Å². The summed E-state index contributed by atoms with van der Waals surface area (Å²) < 4.78 is 37.9. The lowest BCUT2D eigenvalue weighted by molar-refractivity contribution is -0.126. The number of rotatable bonds is 9. The van der Waals surface area contributed by atoms with Crippen molar-refractivity contribution in [3.05, 3.63) is 30.9 Å². The van der Waals surface area contributed by atoms with E-state index in [-0.39, 0.29) is 10.8 Å². The summed E-state index contributed by atoms with van der Waals surface area (Å²) >= 11 is 0. The highest BCUT2D eigenvalue weighted by Crippen LogP contribution is 2.30. The maximum atomic E-state index is 12.9. The van der Waals surface area contributed by atoms with Crippen molar-refractivity contribution in [1.82, 2.24) is 4.31 Å². The predicted octanol–water partition coefficient (Wildman–Crippen LogP) is 2.79. The molecule has 0 bridgehead atoms. The first-order chi connectivity index (χ1) is 12.9. The van der Waals surface area contributed by atoms with Crippen molar-refractivity contribution in [3.63, 3.8) is 0 Å². The smallest absolute Gasteiger partial charge is 0.253 e. The molecule has 0 saturated carbocycles. The highest BCUT2D eigenvalue weighted by Gasteiger charge is 2.27. The van der Waals surface area contributed by atoms with E-state index in [4.69, 9.17) is 9.47 Å². The first kappa shape index (κ1) is 21.4. The molecule has 1 N–H and O–H groups in total. The van der Waals surface area contributed by atoms with Gasteiger partial charge in [0.15, 0.2) is 0 Å². The van der Waals surface area contributed by atoms with Gasteiger partial charge in [0.1, 0.15) is 11.9 Å². The van der Waals surface area contributed by atoms with E-state index in [9.17, 15) is 13.2 Å². The van der Waals surface area contributed by atoms with E-state index in [1.807, 2.05) is 0 Å². The quantitative estimate of drug-likeness (QED) is 0.512. The topological polar surface area (TPSA) is 84.9 Å². The maximum absolute atomic E-state index is 12.9. The number of benzene rings is 1. The van der Waals surface area contributed by atoms with Crippen molar-refractivity contribution < 1.29 is 22.7 Å². The van der Waals surface area contributed by atoms with Crippen LogP contribution < -0.4 is 10.1 Å². The van der Waals surface area contributed by atoms with Gasteiger partial charge in [0.25, 0.3) is 5.91 Å². The molecular weight excluding hydrogens is 368 g/mol. The molecule has 27 heavy (non-hydrogen) atoms. The minimum atomic E-state index is -3.60. The lowest BCUT2D eigenvalue weighted by Crippen LogP contribution is -2.35. The van der Waals surface area contributed by atoms with Gasteiger partial charge in [-0.1, -0.05) is 12.5 Å². The maximum Gasteiger partial charge on any atom is 0.253 e. The van der Waals surface area contributed by atoms with Crippen molar-refractivity contribution in [3.8, 4) is 5.75 Å². The summed E-state index contributed by atoms with van der Waals surface area (Å²) in [7, 11) is -2.13. The summed E-state index contributed by atoms with van der Waals surface area (Å²) in [6.45, 7) is 6.67. The van der Waals surface area contributed by atoms with Crippen molar-refractivity contribution in [2.24, 2.45) is 0 Å². The van der Waals surface area contributed by atoms with Gasteiger partial charge in [-0.15, -0.1) is 6.58 Å². The van der Waals surface area contributed by atoms with Crippen molar-refractivity contribution >= 4 is 21.6 Å². The van der Waals surface area contributed by atoms with Crippen LogP contribution in [0, 0.1) is 0 Å². The SMILES string of the molecule is C=CCCOC(C)C(=O)Nc1cc(S(=O)(=O)N2CCCCC2)ccc1OC. The Bertz CT molecular complexity index is 757. The fourth-order valence-corrected chi connectivity index (χ4v) is 4.38. The Kier molecular flexibility index (Phi) is 7.82. The highest BCUT2D eigenvalue weighted by molar-refractivity contribution is 7.89. The Labute approximate surface area is 161 Å². The molecule has 1 saturated heterocycles. The van der Waals surface area contributed by atoms with Crippen molar-refractivity contribution in [2.45, 2.75) is 43.6 Å². The molecular formula is C19H28N2O5S. The average Bonchev–Trinajstić information content (AvgIpc) is 2.68. The first-order valence-electron chi connectivity index (χ1n) is 9.11. The number of anilines is 1. The van der Waals surface area contributed by atoms with Gasteiger partial charge >= 0.3 is 0 Å². The van der Waals surface area contributed by atoms with Crippen LogP contribution in [-0.2, 0) is 19.6 Å². The number of nitrogens with one attached hydrogen (secondary N) is 1. The Morgan fingerprint density at radius 2 is 2.04 bits per heavy atom. The molecule has 1 aromatic carbocycles. The fraction of sp³-hybridized carbons (Fsp3) is 0.526.